The first-order valence-corrected chi connectivity index (χ1v) is 6.39. The molecule has 0 radical (unpaired) electrons. The highest BCUT2D eigenvalue weighted by molar-refractivity contribution is 5.90. The van der Waals surface area contributed by atoms with Gasteiger partial charge in [-0.25, -0.2) is 4.79 Å². The first-order chi connectivity index (χ1) is 9.17. The fourth-order valence-electron chi connectivity index (χ4n) is 1.65. The Balaban J connectivity index is 2.58. The summed E-state index contributed by atoms with van der Waals surface area (Å²) in [5.41, 5.74) is 1.72. The van der Waals surface area contributed by atoms with Crippen molar-refractivity contribution in [2.75, 3.05) is 25.6 Å². The molecular weight excluding hydrogens is 244 g/mol. The number of carbonyl (C=O) groups excluding carboxylic acids is 1. The minimum atomic E-state index is -0.242. The fraction of sp³-hybridized carbons (Fsp3) is 0.500. The van der Waals surface area contributed by atoms with E-state index in [0.29, 0.717) is 19.8 Å². The summed E-state index contributed by atoms with van der Waals surface area (Å²) in [5.74, 6) is 0. The van der Waals surface area contributed by atoms with Crippen molar-refractivity contribution in [1.29, 1.82) is 0 Å². The lowest BCUT2D eigenvalue weighted by Gasteiger charge is -2.15. The van der Waals surface area contributed by atoms with Crippen molar-refractivity contribution in [1.82, 2.24) is 5.32 Å². The third-order valence-corrected chi connectivity index (χ3v) is 2.52. The standard InChI is InChI=1S/C14H22N2O3/c1-4-19-10-12-7-5-6-8-13(12)16-14(17)15-11(2)9-18-3/h5-8,11H,4,9-10H2,1-3H3,(H2,15,16,17). The molecule has 1 atom stereocenters. The van der Waals surface area contributed by atoms with Gasteiger partial charge >= 0.3 is 6.03 Å². The molecule has 19 heavy (non-hydrogen) atoms. The summed E-state index contributed by atoms with van der Waals surface area (Å²) >= 11 is 0. The highest BCUT2D eigenvalue weighted by atomic mass is 16.5. The Hall–Kier alpha value is -1.59. The Morgan fingerprint density at radius 3 is 2.79 bits per heavy atom. The number of hydrogen-bond acceptors (Lipinski definition) is 3. The molecule has 0 aromatic heterocycles. The molecule has 0 spiro atoms. The summed E-state index contributed by atoms with van der Waals surface area (Å²) in [6.07, 6.45) is 0. The normalized spacial score (nSPS) is 11.9. The monoisotopic (exact) mass is 266 g/mol. The molecule has 0 heterocycles. The minimum absolute atomic E-state index is 0.0379. The van der Waals surface area contributed by atoms with Crippen LogP contribution in [0.25, 0.3) is 0 Å². The Morgan fingerprint density at radius 1 is 1.37 bits per heavy atom. The van der Waals surface area contributed by atoms with E-state index in [1.165, 1.54) is 0 Å². The van der Waals surface area contributed by atoms with Crippen molar-refractivity contribution < 1.29 is 14.3 Å². The maximum Gasteiger partial charge on any atom is 0.319 e. The van der Waals surface area contributed by atoms with Gasteiger partial charge in [0.2, 0.25) is 0 Å². The predicted octanol–water partition coefficient (Wildman–Crippen LogP) is 2.38. The van der Waals surface area contributed by atoms with E-state index in [0.717, 1.165) is 11.3 Å². The molecule has 1 aromatic carbocycles. The van der Waals surface area contributed by atoms with E-state index in [9.17, 15) is 4.79 Å². The predicted molar refractivity (Wildman–Crippen MR) is 75.3 cm³/mol. The third kappa shape index (κ3) is 5.72. The molecule has 0 saturated carbocycles. The van der Waals surface area contributed by atoms with Gasteiger partial charge in [-0.2, -0.15) is 0 Å². The van der Waals surface area contributed by atoms with Gasteiger partial charge in [0.05, 0.1) is 19.3 Å². The molecule has 106 valence electrons. The average Bonchev–Trinajstić information content (AvgIpc) is 2.37. The highest BCUT2D eigenvalue weighted by Crippen LogP contribution is 2.15. The second kappa shape index (κ2) is 8.50. The molecule has 0 aliphatic rings. The van der Waals surface area contributed by atoms with Crippen LogP contribution in [-0.2, 0) is 16.1 Å². The molecule has 0 bridgehead atoms. The average molecular weight is 266 g/mol. The van der Waals surface area contributed by atoms with Crippen LogP contribution in [0.4, 0.5) is 10.5 Å². The lowest BCUT2D eigenvalue weighted by molar-refractivity contribution is 0.134. The zero-order valence-corrected chi connectivity index (χ0v) is 11.7. The van der Waals surface area contributed by atoms with Crippen LogP contribution in [0, 0.1) is 0 Å². The zero-order chi connectivity index (χ0) is 14.1. The quantitative estimate of drug-likeness (QED) is 0.796. The Kier molecular flexibility index (Phi) is 6.92. The second-order valence-electron chi connectivity index (χ2n) is 4.25. The molecule has 0 aliphatic heterocycles. The number of para-hydroxylation sites is 1. The van der Waals surface area contributed by atoms with Gasteiger partial charge in [-0.1, -0.05) is 18.2 Å². The van der Waals surface area contributed by atoms with E-state index in [-0.39, 0.29) is 12.1 Å². The van der Waals surface area contributed by atoms with Gasteiger partial charge in [-0.3, -0.25) is 0 Å². The number of urea groups is 1. The van der Waals surface area contributed by atoms with Crippen LogP contribution in [0.5, 0.6) is 0 Å². The number of methoxy groups -OCH3 is 1. The summed E-state index contributed by atoms with van der Waals surface area (Å²) in [5, 5.41) is 5.62. The van der Waals surface area contributed by atoms with Gasteiger partial charge in [0.25, 0.3) is 0 Å². The van der Waals surface area contributed by atoms with Crippen molar-refractivity contribution in [2.45, 2.75) is 26.5 Å². The largest absolute Gasteiger partial charge is 0.383 e. The third-order valence-electron chi connectivity index (χ3n) is 2.52. The van der Waals surface area contributed by atoms with Crippen LogP contribution in [0.3, 0.4) is 0 Å². The van der Waals surface area contributed by atoms with E-state index in [2.05, 4.69) is 10.6 Å². The topological polar surface area (TPSA) is 59.6 Å². The Bertz CT molecular complexity index is 396. The second-order valence-corrected chi connectivity index (χ2v) is 4.25. The number of benzene rings is 1. The van der Waals surface area contributed by atoms with E-state index in [4.69, 9.17) is 9.47 Å². The van der Waals surface area contributed by atoms with Crippen LogP contribution in [-0.4, -0.2) is 32.4 Å². The van der Waals surface area contributed by atoms with Crippen LogP contribution < -0.4 is 10.6 Å². The smallest absolute Gasteiger partial charge is 0.319 e. The molecular formula is C14H22N2O3. The molecule has 2 N–H and O–H groups in total. The number of nitrogens with one attached hydrogen (secondary N) is 2. The maximum atomic E-state index is 11.8. The van der Waals surface area contributed by atoms with E-state index >= 15 is 0 Å². The van der Waals surface area contributed by atoms with Crippen molar-refractivity contribution in [3.05, 3.63) is 29.8 Å². The molecule has 5 heteroatoms. The van der Waals surface area contributed by atoms with Crippen LogP contribution >= 0.6 is 0 Å². The van der Waals surface area contributed by atoms with Crippen molar-refractivity contribution in [3.8, 4) is 0 Å². The number of amides is 2. The first kappa shape index (κ1) is 15.5. The summed E-state index contributed by atoms with van der Waals surface area (Å²) in [6.45, 7) is 5.43. The number of rotatable bonds is 7. The fourth-order valence-corrected chi connectivity index (χ4v) is 1.65. The minimum Gasteiger partial charge on any atom is -0.383 e. The number of hydrogen-bond donors (Lipinski definition) is 2. The molecule has 5 nitrogen and oxygen atoms in total. The first-order valence-electron chi connectivity index (χ1n) is 6.39. The van der Waals surface area contributed by atoms with Gasteiger partial charge in [0.15, 0.2) is 0 Å². The lowest BCUT2D eigenvalue weighted by Crippen LogP contribution is -2.38. The van der Waals surface area contributed by atoms with E-state index in [1.807, 2.05) is 38.1 Å². The molecule has 0 fully saturated rings. The van der Waals surface area contributed by atoms with Gasteiger partial charge < -0.3 is 20.1 Å². The summed E-state index contributed by atoms with van der Waals surface area (Å²) in [7, 11) is 1.60. The van der Waals surface area contributed by atoms with Crippen LogP contribution in [0.15, 0.2) is 24.3 Å². The molecule has 1 rings (SSSR count). The zero-order valence-electron chi connectivity index (χ0n) is 11.7. The van der Waals surface area contributed by atoms with Gasteiger partial charge in [-0.05, 0) is 19.9 Å². The Labute approximate surface area is 114 Å². The van der Waals surface area contributed by atoms with Gasteiger partial charge in [-0.15, -0.1) is 0 Å². The number of ether oxygens (including phenoxy) is 2. The number of anilines is 1. The lowest BCUT2D eigenvalue weighted by atomic mass is 10.2. The van der Waals surface area contributed by atoms with Crippen molar-refractivity contribution >= 4 is 11.7 Å². The maximum absolute atomic E-state index is 11.8. The van der Waals surface area contributed by atoms with Crippen LogP contribution in [0.2, 0.25) is 0 Å². The molecule has 0 saturated heterocycles. The SMILES string of the molecule is CCOCc1ccccc1NC(=O)NC(C)COC. The van der Waals surface area contributed by atoms with E-state index in [1.54, 1.807) is 7.11 Å². The summed E-state index contributed by atoms with van der Waals surface area (Å²) < 4.78 is 10.3. The van der Waals surface area contributed by atoms with Gasteiger partial charge in [0.1, 0.15) is 0 Å². The molecule has 0 aliphatic carbocycles. The van der Waals surface area contributed by atoms with Crippen LogP contribution in [0.1, 0.15) is 19.4 Å². The van der Waals surface area contributed by atoms with Crippen molar-refractivity contribution in [3.63, 3.8) is 0 Å². The van der Waals surface area contributed by atoms with E-state index < -0.39 is 0 Å². The molecule has 1 unspecified atom stereocenters. The summed E-state index contributed by atoms with van der Waals surface area (Å²) in [4.78, 5) is 11.8. The number of carbonyl (C=O) groups is 1. The van der Waals surface area contributed by atoms with Crippen molar-refractivity contribution in [2.24, 2.45) is 0 Å². The Morgan fingerprint density at radius 2 is 2.11 bits per heavy atom. The highest BCUT2D eigenvalue weighted by Gasteiger charge is 2.09. The summed E-state index contributed by atoms with van der Waals surface area (Å²) in [6, 6.07) is 7.31. The van der Waals surface area contributed by atoms with Gasteiger partial charge in [0, 0.05) is 25.0 Å². The molecule has 2 amide bonds. The molecule has 1 aromatic rings.